The fraction of sp³-hybridized carbons (Fsp3) is 0.267. The van der Waals surface area contributed by atoms with Crippen molar-refractivity contribution in [1.29, 1.82) is 0 Å². The third-order valence-electron chi connectivity index (χ3n) is 2.92. The molecular weight excluding hydrogens is 276 g/mol. The molecule has 2 nitrogen and oxygen atoms in total. The molecule has 0 aliphatic rings. The Labute approximate surface area is 123 Å². The second kappa shape index (κ2) is 6.94. The molecular formula is C15H17ClN2S. The van der Waals surface area contributed by atoms with Gasteiger partial charge >= 0.3 is 0 Å². The highest BCUT2D eigenvalue weighted by atomic mass is 35.5. The maximum absolute atomic E-state index is 6.33. The number of benzene rings is 1. The topological polar surface area (TPSA) is 38.9 Å². The van der Waals surface area contributed by atoms with E-state index in [1.807, 2.05) is 24.3 Å². The largest absolute Gasteiger partial charge is 0.327 e. The van der Waals surface area contributed by atoms with Crippen molar-refractivity contribution in [3.8, 4) is 0 Å². The van der Waals surface area contributed by atoms with Gasteiger partial charge in [-0.3, -0.25) is 4.98 Å². The molecule has 19 heavy (non-hydrogen) atoms. The third kappa shape index (κ3) is 3.96. The lowest BCUT2D eigenvalue weighted by Gasteiger charge is -2.14. The molecule has 2 rings (SSSR count). The molecule has 4 heteroatoms. The zero-order chi connectivity index (χ0) is 13.7. The van der Waals surface area contributed by atoms with Crippen LogP contribution in [0, 0.1) is 0 Å². The van der Waals surface area contributed by atoms with Crippen molar-refractivity contribution in [1.82, 2.24) is 4.98 Å². The van der Waals surface area contributed by atoms with Crippen molar-refractivity contribution in [2.75, 3.05) is 0 Å². The van der Waals surface area contributed by atoms with Crippen LogP contribution in [0.15, 0.2) is 52.5 Å². The summed E-state index contributed by atoms with van der Waals surface area (Å²) in [7, 11) is 0. The molecule has 2 N–H and O–H groups in total. The lowest BCUT2D eigenvalue weighted by molar-refractivity contribution is 0.641. The molecule has 1 atom stereocenters. The Balaban J connectivity index is 2.27. The van der Waals surface area contributed by atoms with Gasteiger partial charge in [0.1, 0.15) is 0 Å². The number of hydrogen-bond donors (Lipinski definition) is 1. The summed E-state index contributed by atoms with van der Waals surface area (Å²) in [5.74, 6) is 0. The van der Waals surface area contributed by atoms with E-state index in [1.54, 1.807) is 24.2 Å². The summed E-state index contributed by atoms with van der Waals surface area (Å²) >= 11 is 7.99. The first-order valence-electron chi connectivity index (χ1n) is 6.31. The van der Waals surface area contributed by atoms with E-state index in [0.29, 0.717) is 0 Å². The molecule has 0 aliphatic heterocycles. The third-order valence-corrected chi connectivity index (χ3v) is 4.55. The minimum atomic E-state index is 0.176. The Morgan fingerprint density at radius 3 is 2.68 bits per heavy atom. The average molecular weight is 293 g/mol. The molecule has 0 fully saturated rings. The van der Waals surface area contributed by atoms with Crippen molar-refractivity contribution >= 4 is 23.4 Å². The van der Waals surface area contributed by atoms with Gasteiger partial charge in [0.05, 0.1) is 5.02 Å². The maximum Gasteiger partial charge on any atom is 0.0548 e. The Morgan fingerprint density at radius 1 is 1.26 bits per heavy atom. The van der Waals surface area contributed by atoms with E-state index in [9.17, 15) is 0 Å². The molecule has 0 saturated carbocycles. The van der Waals surface area contributed by atoms with Crippen molar-refractivity contribution in [3.05, 3.63) is 53.3 Å². The van der Waals surface area contributed by atoms with Gasteiger partial charge in [0, 0.05) is 28.2 Å². The van der Waals surface area contributed by atoms with Gasteiger partial charge in [0.2, 0.25) is 0 Å². The van der Waals surface area contributed by atoms with E-state index < -0.39 is 0 Å². The summed E-state index contributed by atoms with van der Waals surface area (Å²) in [4.78, 5) is 6.26. The van der Waals surface area contributed by atoms with Gasteiger partial charge in [0.15, 0.2) is 0 Å². The molecule has 1 aromatic heterocycles. The Hall–Kier alpha value is -1.03. The van der Waals surface area contributed by atoms with Crippen LogP contribution < -0.4 is 5.73 Å². The average Bonchev–Trinajstić information content (AvgIpc) is 2.43. The van der Waals surface area contributed by atoms with E-state index in [-0.39, 0.29) is 6.04 Å². The number of nitrogens with two attached hydrogens (primary N) is 1. The van der Waals surface area contributed by atoms with Crippen LogP contribution in [0.2, 0.25) is 5.02 Å². The summed E-state index contributed by atoms with van der Waals surface area (Å²) in [6, 6.07) is 10.2. The second-order valence-electron chi connectivity index (χ2n) is 4.39. The predicted molar refractivity (Wildman–Crippen MR) is 81.8 cm³/mol. The number of hydrogen-bond acceptors (Lipinski definition) is 3. The Bertz CT molecular complexity index is 531. The van der Waals surface area contributed by atoms with E-state index in [4.69, 9.17) is 17.3 Å². The predicted octanol–water partition coefficient (Wildman–Crippen LogP) is 4.17. The lowest BCUT2D eigenvalue weighted by Crippen LogP contribution is -2.21. The molecule has 0 amide bonds. The van der Waals surface area contributed by atoms with Crippen LogP contribution in [-0.4, -0.2) is 11.0 Å². The fourth-order valence-corrected chi connectivity index (χ4v) is 3.03. The number of halogens is 1. The normalized spacial score (nSPS) is 12.4. The molecule has 0 bridgehead atoms. The van der Waals surface area contributed by atoms with Crippen LogP contribution in [0.3, 0.4) is 0 Å². The quantitative estimate of drug-likeness (QED) is 0.899. The highest BCUT2D eigenvalue weighted by Crippen LogP contribution is 2.36. The van der Waals surface area contributed by atoms with Crippen LogP contribution in [-0.2, 0) is 6.42 Å². The van der Waals surface area contributed by atoms with Gasteiger partial charge in [-0.15, -0.1) is 0 Å². The van der Waals surface area contributed by atoms with Crippen LogP contribution in [0.25, 0.3) is 0 Å². The molecule has 100 valence electrons. The fourth-order valence-electron chi connectivity index (χ4n) is 1.78. The van der Waals surface area contributed by atoms with Gasteiger partial charge in [-0.25, -0.2) is 0 Å². The molecule has 0 radical (unpaired) electrons. The molecule has 0 aliphatic carbocycles. The highest BCUT2D eigenvalue weighted by Gasteiger charge is 2.11. The molecule has 1 heterocycles. The van der Waals surface area contributed by atoms with Gasteiger partial charge in [-0.1, -0.05) is 42.4 Å². The summed E-state index contributed by atoms with van der Waals surface area (Å²) in [5, 5.41) is 0.780. The number of aromatic nitrogens is 1. The van der Waals surface area contributed by atoms with Crippen molar-refractivity contribution in [3.63, 3.8) is 0 Å². The molecule has 1 unspecified atom stereocenters. The van der Waals surface area contributed by atoms with Gasteiger partial charge in [0.25, 0.3) is 0 Å². The first-order chi connectivity index (χ1) is 9.20. The van der Waals surface area contributed by atoms with Crippen molar-refractivity contribution in [2.45, 2.75) is 35.6 Å². The summed E-state index contributed by atoms with van der Waals surface area (Å²) in [6.45, 7) is 2.10. The summed E-state index contributed by atoms with van der Waals surface area (Å²) < 4.78 is 0. The zero-order valence-electron chi connectivity index (χ0n) is 10.8. The monoisotopic (exact) mass is 292 g/mol. The van der Waals surface area contributed by atoms with Gasteiger partial charge in [-0.2, -0.15) is 0 Å². The van der Waals surface area contributed by atoms with Gasteiger partial charge in [-0.05, 0) is 36.6 Å². The SMILES string of the molecule is CCC(N)Cc1cccc(Cl)c1Sc1ccncc1. The minimum Gasteiger partial charge on any atom is -0.327 e. The molecule has 0 saturated heterocycles. The number of rotatable bonds is 5. The lowest BCUT2D eigenvalue weighted by atomic mass is 10.0. The van der Waals surface area contributed by atoms with Gasteiger partial charge < -0.3 is 5.73 Å². The zero-order valence-corrected chi connectivity index (χ0v) is 12.4. The van der Waals surface area contributed by atoms with E-state index in [0.717, 1.165) is 27.7 Å². The van der Waals surface area contributed by atoms with Crippen LogP contribution in [0.1, 0.15) is 18.9 Å². The highest BCUT2D eigenvalue weighted by molar-refractivity contribution is 7.99. The standard InChI is InChI=1S/C15H17ClN2S/c1-2-12(17)10-11-4-3-5-14(16)15(11)19-13-6-8-18-9-7-13/h3-9,12H,2,10,17H2,1H3. The van der Waals surface area contributed by atoms with E-state index in [1.165, 1.54) is 5.56 Å². The Kier molecular flexibility index (Phi) is 5.25. The smallest absolute Gasteiger partial charge is 0.0548 e. The van der Waals surface area contributed by atoms with E-state index in [2.05, 4.69) is 18.0 Å². The molecule has 1 aromatic carbocycles. The number of nitrogens with zero attached hydrogens (tertiary/aromatic N) is 1. The van der Waals surface area contributed by atoms with Crippen molar-refractivity contribution in [2.24, 2.45) is 5.73 Å². The van der Waals surface area contributed by atoms with Crippen LogP contribution in [0.4, 0.5) is 0 Å². The maximum atomic E-state index is 6.33. The summed E-state index contributed by atoms with van der Waals surface area (Å²) in [5.41, 5.74) is 7.27. The Morgan fingerprint density at radius 2 is 2.00 bits per heavy atom. The minimum absolute atomic E-state index is 0.176. The first kappa shape index (κ1) is 14.4. The van der Waals surface area contributed by atoms with E-state index >= 15 is 0 Å². The van der Waals surface area contributed by atoms with Crippen LogP contribution in [0.5, 0.6) is 0 Å². The molecule has 0 spiro atoms. The summed E-state index contributed by atoms with van der Waals surface area (Å²) in [6.07, 6.45) is 5.39. The van der Waals surface area contributed by atoms with Crippen molar-refractivity contribution < 1.29 is 0 Å². The first-order valence-corrected chi connectivity index (χ1v) is 7.51. The van der Waals surface area contributed by atoms with Crippen LogP contribution >= 0.6 is 23.4 Å². The molecule has 2 aromatic rings. The second-order valence-corrected chi connectivity index (χ2v) is 5.88. The number of pyridine rings is 1.